The average molecular weight is 524 g/mol. The summed E-state index contributed by atoms with van der Waals surface area (Å²) >= 11 is 3.10. The topological polar surface area (TPSA) is 96.5 Å². The van der Waals surface area contributed by atoms with Crippen LogP contribution in [-0.4, -0.2) is 35.7 Å². The zero-order valence-electron chi connectivity index (χ0n) is 19.2. The highest BCUT2D eigenvalue weighted by Crippen LogP contribution is 2.09. The van der Waals surface area contributed by atoms with Crippen molar-refractivity contribution in [3.05, 3.63) is 65.2 Å². The number of carbonyl (C=O) groups excluding carboxylic acids is 3. The van der Waals surface area contributed by atoms with E-state index in [0.29, 0.717) is 23.4 Å². The highest BCUT2D eigenvalue weighted by atomic mass is 79.9. The maximum Gasteiger partial charge on any atom is 0.266 e. The van der Waals surface area contributed by atoms with Gasteiger partial charge >= 0.3 is 0 Å². The van der Waals surface area contributed by atoms with E-state index in [0.717, 1.165) is 5.56 Å². The molecule has 0 radical (unpaired) electrons. The lowest BCUT2D eigenvalue weighted by Gasteiger charge is -2.21. The molecule has 8 heteroatoms. The third-order valence-corrected chi connectivity index (χ3v) is 4.98. The predicted octanol–water partition coefficient (Wildman–Crippen LogP) is 3.25. The summed E-state index contributed by atoms with van der Waals surface area (Å²) in [5.41, 5.74) is 4.91. The molecule has 0 fully saturated rings. The lowest BCUT2D eigenvalue weighted by molar-refractivity contribution is -0.136. The molecule has 0 spiro atoms. The number of hydrogen-bond donors (Lipinski definition) is 3. The zero-order chi connectivity index (χ0) is 24.9. The minimum absolute atomic E-state index is 0.114. The average Bonchev–Trinajstić information content (AvgIpc) is 2.84. The van der Waals surface area contributed by atoms with Crippen molar-refractivity contribution < 1.29 is 19.2 Å². The lowest BCUT2D eigenvalue weighted by Crippen LogP contribution is -2.49. The van der Waals surface area contributed by atoms with Crippen LogP contribution >= 0.6 is 15.9 Å². The normalized spacial score (nSPS) is 10.7. The highest BCUT2D eigenvalue weighted by molar-refractivity contribution is 9.09. The smallest absolute Gasteiger partial charge is 0.266 e. The Kier molecular flexibility index (Phi) is 10.9. The van der Waals surface area contributed by atoms with Gasteiger partial charge in [0.05, 0.1) is 11.9 Å². The number of rotatable bonds is 8. The first-order chi connectivity index (χ1) is 16.3. The summed E-state index contributed by atoms with van der Waals surface area (Å²) in [5.74, 6) is 10.4. The Morgan fingerprint density at radius 1 is 0.941 bits per heavy atom. The Hall–Kier alpha value is -3.59. The Morgan fingerprint density at radius 2 is 1.50 bits per heavy atom. The van der Waals surface area contributed by atoms with Crippen LogP contribution in [0.1, 0.15) is 42.3 Å². The molecule has 0 aliphatic carbocycles. The van der Waals surface area contributed by atoms with E-state index in [1.807, 2.05) is 13.8 Å². The quantitative estimate of drug-likeness (QED) is 0.281. The first-order valence-corrected chi connectivity index (χ1v) is 11.8. The van der Waals surface area contributed by atoms with Crippen molar-refractivity contribution in [2.45, 2.75) is 26.8 Å². The second-order valence-electron chi connectivity index (χ2n) is 7.43. The van der Waals surface area contributed by atoms with Crippen molar-refractivity contribution in [3.8, 4) is 23.7 Å². The molecule has 3 N–H and O–H groups in total. The van der Waals surface area contributed by atoms with E-state index in [-0.39, 0.29) is 23.1 Å². The van der Waals surface area contributed by atoms with Crippen LogP contribution in [0, 0.1) is 29.6 Å². The third kappa shape index (κ3) is 8.74. The fourth-order valence-electron chi connectivity index (χ4n) is 2.71. The molecule has 0 unspecified atom stereocenters. The first-order valence-electron chi connectivity index (χ1n) is 10.6. The third-order valence-electron chi connectivity index (χ3n) is 4.47. The van der Waals surface area contributed by atoms with Crippen molar-refractivity contribution >= 4 is 39.3 Å². The Bertz CT molecular complexity index is 1120. The standard InChI is InChI=1S/C26H26BrN3O4/c1-4-34-30-26(33)24(18(2)3)29-25(32)21-13-9-19(10-14-21)7-5-6-8-20-11-15-22(16-12-20)28-23(31)17-27/h9-16,18,24H,4,17H2,1-3H3,(H,28,31)(H,29,32)(H,30,33)/t24-/m0/s1. The summed E-state index contributed by atoms with van der Waals surface area (Å²) in [6.07, 6.45) is 0. The second kappa shape index (κ2) is 13.8. The summed E-state index contributed by atoms with van der Waals surface area (Å²) < 4.78 is 0. The molecule has 0 aliphatic rings. The van der Waals surface area contributed by atoms with Gasteiger partial charge in [0, 0.05) is 22.4 Å². The SMILES string of the molecule is CCONC(=O)[C@@H](NC(=O)c1ccc(C#CC#Cc2ccc(NC(=O)CBr)cc2)cc1)C(C)C. The molecular weight excluding hydrogens is 498 g/mol. The molecule has 2 aromatic rings. The molecule has 0 aromatic heterocycles. The van der Waals surface area contributed by atoms with Gasteiger partial charge in [0.15, 0.2) is 0 Å². The van der Waals surface area contributed by atoms with Gasteiger partial charge in [-0.2, -0.15) is 0 Å². The van der Waals surface area contributed by atoms with E-state index in [2.05, 4.69) is 55.7 Å². The van der Waals surface area contributed by atoms with E-state index in [9.17, 15) is 14.4 Å². The minimum atomic E-state index is -0.719. The molecule has 3 amide bonds. The number of halogens is 1. The fourth-order valence-corrected chi connectivity index (χ4v) is 2.85. The number of nitrogens with one attached hydrogen (secondary N) is 3. The summed E-state index contributed by atoms with van der Waals surface area (Å²) in [7, 11) is 0. The summed E-state index contributed by atoms with van der Waals surface area (Å²) in [4.78, 5) is 41.0. The summed E-state index contributed by atoms with van der Waals surface area (Å²) in [6, 6.07) is 13.1. The summed E-state index contributed by atoms with van der Waals surface area (Å²) in [6.45, 7) is 5.77. The number of carbonyl (C=O) groups is 3. The first kappa shape index (κ1) is 26.7. The van der Waals surface area contributed by atoms with Crippen LogP contribution in [0.25, 0.3) is 0 Å². The monoisotopic (exact) mass is 523 g/mol. The number of alkyl halides is 1. The molecule has 0 saturated heterocycles. The molecule has 2 aromatic carbocycles. The maximum atomic E-state index is 12.6. The van der Waals surface area contributed by atoms with Gasteiger partial charge in [-0.25, -0.2) is 5.48 Å². The van der Waals surface area contributed by atoms with Gasteiger partial charge in [0.25, 0.3) is 11.8 Å². The van der Waals surface area contributed by atoms with Crippen molar-refractivity contribution in [1.29, 1.82) is 0 Å². The van der Waals surface area contributed by atoms with Crippen molar-refractivity contribution in [2.24, 2.45) is 5.92 Å². The van der Waals surface area contributed by atoms with E-state index in [1.54, 1.807) is 55.5 Å². The molecular formula is C26H26BrN3O4. The maximum absolute atomic E-state index is 12.6. The van der Waals surface area contributed by atoms with Crippen LogP contribution in [0.15, 0.2) is 48.5 Å². The van der Waals surface area contributed by atoms with Gasteiger partial charge in [0.1, 0.15) is 6.04 Å². The Balaban J connectivity index is 1.97. The van der Waals surface area contributed by atoms with E-state index in [1.165, 1.54) is 0 Å². The van der Waals surface area contributed by atoms with Crippen molar-refractivity contribution in [1.82, 2.24) is 10.8 Å². The Labute approximate surface area is 208 Å². The molecule has 176 valence electrons. The number of hydrogen-bond acceptors (Lipinski definition) is 4. The highest BCUT2D eigenvalue weighted by Gasteiger charge is 2.24. The van der Waals surface area contributed by atoms with E-state index < -0.39 is 11.9 Å². The van der Waals surface area contributed by atoms with Gasteiger partial charge in [-0.3, -0.25) is 19.2 Å². The number of benzene rings is 2. The van der Waals surface area contributed by atoms with Crippen LogP contribution in [0.5, 0.6) is 0 Å². The van der Waals surface area contributed by atoms with Crippen molar-refractivity contribution in [2.75, 3.05) is 17.3 Å². The largest absolute Gasteiger partial charge is 0.340 e. The lowest BCUT2D eigenvalue weighted by atomic mass is 10.0. The van der Waals surface area contributed by atoms with Gasteiger partial charge in [-0.15, -0.1) is 0 Å². The van der Waals surface area contributed by atoms with E-state index in [4.69, 9.17) is 4.84 Å². The number of anilines is 1. The molecule has 7 nitrogen and oxygen atoms in total. The van der Waals surface area contributed by atoms with E-state index >= 15 is 0 Å². The van der Waals surface area contributed by atoms with Crippen LogP contribution in [0.2, 0.25) is 0 Å². The van der Waals surface area contributed by atoms with Crippen LogP contribution in [0.3, 0.4) is 0 Å². The molecule has 0 aliphatic heterocycles. The second-order valence-corrected chi connectivity index (χ2v) is 7.99. The van der Waals surface area contributed by atoms with Gasteiger partial charge in [-0.05, 0) is 73.2 Å². The molecule has 0 bridgehead atoms. The van der Waals surface area contributed by atoms with Gasteiger partial charge < -0.3 is 10.6 Å². The number of hydroxylamine groups is 1. The molecule has 1 atom stereocenters. The molecule has 34 heavy (non-hydrogen) atoms. The summed E-state index contributed by atoms with van der Waals surface area (Å²) in [5, 5.41) is 5.70. The fraction of sp³-hybridized carbons (Fsp3) is 0.269. The predicted molar refractivity (Wildman–Crippen MR) is 135 cm³/mol. The van der Waals surface area contributed by atoms with Crippen LogP contribution < -0.4 is 16.1 Å². The van der Waals surface area contributed by atoms with Crippen LogP contribution in [-0.2, 0) is 14.4 Å². The molecule has 2 rings (SSSR count). The van der Waals surface area contributed by atoms with Crippen LogP contribution in [0.4, 0.5) is 5.69 Å². The molecule has 0 saturated carbocycles. The van der Waals surface area contributed by atoms with Crippen molar-refractivity contribution in [3.63, 3.8) is 0 Å². The number of amides is 3. The van der Waals surface area contributed by atoms with Gasteiger partial charge in [0.2, 0.25) is 5.91 Å². The Morgan fingerprint density at radius 3 is 2.00 bits per heavy atom. The minimum Gasteiger partial charge on any atom is -0.340 e. The zero-order valence-corrected chi connectivity index (χ0v) is 20.8. The molecule has 0 heterocycles. The van der Waals surface area contributed by atoms with Gasteiger partial charge in [-0.1, -0.05) is 41.6 Å².